The minimum absolute atomic E-state index is 0. The van der Waals surface area contributed by atoms with Gasteiger partial charge in [0, 0.05) is 20.1 Å². The molecule has 0 spiro atoms. The van der Waals surface area contributed by atoms with Gasteiger partial charge in [0.1, 0.15) is 5.75 Å². The number of benzene rings is 1. The van der Waals surface area contributed by atoms with E-state index in [0.717, 1.165) is 37.1 Å². The Labute approximate surface area is 163 Å². The molecule has 5 nitrogen and oxygen atoms in total. The maximum atomic E-state index is 5.18. The van der Waals surface area contributed by atoms with E-state index < -0.39 is 0 Å². The van der Waals surface area contributed by atoms with E-state index in [2.05, 4.69) is 39.7 Å². The van der Waals surface area contributed by atoms with Crippen molar-refractivity contribution in [1.82, 2.24) is 15.5 Å². The summed E-state index contributed by atoms with van der Waals surface area (Å²) in [5.41, 5.74) is 1.30. The normalized spacial score (nSPS) is 16.4. The van der Waals surface area contributed by atoms with Crippen molar-refractivity contribution in [3.63, 3.8) is 0 Å². The van der Waals surface area contributed by atoms with Crippen molar-refractivity contribution in [2.45, 2.75) is 19.3 Å². The zero-order valence-corrected chi connectivity index (χ0v) is 17.4. The van der Waals surface area contributed by atoms with Crippen molar-refractivity contribution in [2.75, 3.05) is 47.4 Å². The van der Waals surface area contributed by atoms with Crippen LogP contribution >= 0.6 is 24.0 Å². The molecule has 1 aliphatic heterocycles. The predicted octanol–water partition coefficient (Wildman–Crippen LogP) is 2.36. The predicted molar refractivity (Wildman–Crippen MR) is 112 cm³/mol. The number of methoxy groups -OCH3 is 1. The summed E-state index contributed by atoms with van der Waals surface area (Å²) in [7, 11) is 5.72. The Morgan fingerprint density at radius 2 is 1.88 bits per heavy atom. The maximum absolute atomic E-state index is 5.18. The molecule has 1 fully saturated rings. The van der Waals surface area contributed by atoms with Crippen LogP contribution in [0.1, 0.15) is 18.4 Å². The summed E-state index contributed by atoms with van der Waals surface area (Å²) in [4.78, 5) is 6.71. The fourth-order valence-electron chi connectivity index (χ4n) is 2.85. The first-order valence-electron chi connectivity index (χ1n) is 8.47. The van der Waals surface area contributed by atoms with Gasteiger partial charge in [-0.05, 0) is 63.0 Å². The molecule has 24 heavy (non-hydrogen) atoms. The van der Waals surface area contributed by atoms with E-state index >= 15 is 0 Å². The highest BCUT2D eigenvalue weighted by Crippen LogP contribution is 2.14. The van der Waals surface area contributed by atoms with Crippen LogP contribution in [0, 0.1) is 5.92 Å². The van der Waals surface area contributed by atoms with E-state index in [-0.39, 0.29) is 24.0 Å². The number of aliphatic imine (C=N–C) groups is 1. The van der Waals surface area contributed by atoms with Crippen molar-refractivity contribution in [1.29, 1.82) is 0 Å². The van der Waals surface area contributed by atoms with Gasteiger partial charge in [0.15, 0.2) is 5.96 Å². The number of hydrogen-bond donors (Lipinski definition) is 2. The molecule has 0 radical (unpaired) electrons. The standard InChI is InChI=1S/C18H30N4O.HI/c1-19-18(21-14-16-9-12-22(2)13-10-16)20-11-8-15-4-6-17(23-3)7-5-15;/h4-7,16H,8-14H2,1-3H3,(H2,19,20,21);1H. The van der Waals surface area contributed by atoms with Gasteiger partial charge in [-0.15, -0.1) is 24.0 Å². The molecular weight excluding hydrogens is 415 g/mol. The summed E-state index contributed by atoms with van der Waals surface area (Å²) in [6, 6.07) is 8.22. The van der Waals surface area contributed by atoms with Gasteiger partial charge < -0.3 is 20.3 Å². The Kier molecular flexibility index (Phi) is 10.1. The fourth-order valence-corrected chi connectivity index (χ4v) is 2.85. The minimum atomic E-state index is 0. The van der Waals surface area contributed by atoms with Crippen LogP contribution in [0.4, 0.5) is 0 Å². The maximum Gasteiger partial charge on any atom is 0.190 e. The third-order valence-electron chi connectivity index (χ3n) is 4.49. The molecule has 136 valence electrons. The number of ether oxygens (including phenoxy) is 1. The molecular formula is C18H31IN4O. The molecule has 1 saturated heterocycles. The number of piperidine rings is 1. The zero-order valence-electron chi connectivity index (χ0n) is 15.0. The molecule has 1 aromatic carbocycles. The Balaban J connectivity index is 0.00000288. The summed E-state index contributed by atoms with van der Waals surface area (Å²) in [5, 5.41) is 6.85. The Morgan fingerprint density at radius 3 is 2.46 bits per heavy atom. The first kappa shape index (κ1) is 21.0. The van der Waals surface area contributed by atoms with Crippen LogP contribution in [-0.2, 0) is 6.42 Å². The van der Waals surface area contributed by atoms with E-state index in [1.165, 1.54) is 31.5 Å². The summed E-state index contributed by atoms with van der Waals surface area (Å²) in [5.74, 6) is 2.56. The topological polar surface area (TPSA) is 48.9 Å². The Hall–Kier alpha value is -1.02. The number of rotatable bonds is 6. The zero-order chi connectivity index (χ0) is 16.5. The van der Waals surface area contributed by atoms with E-state index in [1.54, 1.807) is 7.11 Å². The average molecular weight is 446 g/mol. The summed E-state index contributed by atoms with van der Waals surface area (Å²) < 4.78 is 5.18. The van der Waals surface area contributed by atoms with Gasteiger partial charge in [-0.1, -0.05) is 12.1 Å². The lowest BCUT2D eigenvalue weighted by atomic mass is 9.97. The SMILES string of the molecule is CN=C(NCCc1ccc(OC)cc1)NCC1CCN(C)CC1.I. The van der Waals surface area contributed by atoms with Crippen molar-refractivity contribution in [3.05, 3.63) is 29.8 Å². The second-order valence-corrected chi connectivity index (χ2v) is 6.22. The summed E-state index contributed by atoms with van der Waals surface area (Å²) in [6.07, 6.45) is 3.51. The Morgan fingerprint density at radius 1 is 1.21 bits per heavy atom. The van der Waals surface area contributed by atoms with Crippen molar-refractivity contribution < 1.29 is 4.74 Å². The molecule has 1 heterocycles. The molecule has 0 amide bonds. The van der Waals surface area contributed by atoms with Gasteiger partial charge in [-0.3, -0.25) is 4.99 Å². The summed E-state index contributed by atoms with van der Waals surface area (Å²) >= 11 is 0. The van der Waals surface area contributed by atoms with Crippen LogP contribution in [0.5, 0.6) is 5.75 Å². The molecule has 6 heteroatoms. The van der Waals surface area contributed by atoms with Crippen LogP contribution in [0.15, 0.2) is 29.3 Å². The first-order valence-corrected chi connectivity index (χ1v) is 8.47. The highest BCUT2D eigenvalue weighted by Gasteiger charge is 2.16. The van der Waals surface area contributed by atoms with Crippen LogP contribution in [-0.4, -0.2) is 58.2 Å². The average Bonchev–Trinajstić information content (AvgIpc) is 2.60. The van der Waals surface area contributed by atoms with Crippen molar-refractivity contribution in [3.8, 4) is 5.75 Å². The van der Waals surface area contributed by atoms with Crippen LogP contribution in [0.3, 0.4) is 0 Å². The second-order valence-electron chi connectivity index (χ2n) is 6.22. The summed E-state index contributed by atoms with van der Waals surface area (Å²) in [6.45, 7) is 4.29. The number of guanidine groups is 1. The van der Waals surface area contributed by atoms with Crippen LogP contribution in [0.2, 0.25) is 0 Å². The lowest BCUT2D eigenvalue weighted by Crippen LogP contribution is -2.42. The third-order valence-corrected chi connectivity index (χ3v) is 4.49. The van der Waals surface area contributed by atoms with E-state index in [4.69, 9.17) is 4.74 Å². The molecule has 0 saturated carbocycles. The molecule has 1 aromatic rings. The monoisotopic (exact) mass is 446 g/mol. The van der Waals surface area contributed by atoms with Gasteiger partial charge in [-0.25, -0.2) is 0 Å². The molecule has 1 aliphatic rings. The molecule has 0 aromatic heterocycles. The second kappa shape index (κ2) is 11.5. The van der Waals surface area contributed by atoms with E-state index in [0.29, 0.717) is 0 Å². The molecule has 2 N–H and O–H groups in total. The van der Waals surface area contributed by atoms with E-state index in [1.807, 2.05) is 19.2 Å². The van der Waals surface area contributed by atoms with Gasteiger partial charge >= 0.3 is 0 Å². The number of nitrogens with zero attached hydrogens (tertiary/aromatic N) is 2. The molecule has 0 unspecified atom stereocenters. The third kappa shape index (κ3) is 7.25. The first-order chi connectivity index (χ1) is 11.2. The molecule has 0 bridgehead atoms. The van der Waals surface area contributed by atoms with Crippen molar-refractivity contribution >= 4 is 29.9 Å². The van der Waals surface area contributed by atoms with Gasteiger partial charge in [-0.2, -0.15) is 0 Å². The largest absolute Gasteiger partial charge is 0.497 e. The number of nitrogens with one attached hydrogen (secondary N) is 2. The van der Waals surface area contributed by atoms with Gasteiger partial charge in [0.2, 0.25) is 0 Å². The van der Waals surface area contributed by atoms with Gasteiger partial charge in [0.05, 0.1) is 7.11 Å². The van der Waals surface area contributed by atoms with Crippen molar-refractivity contribution in [2.24, 2.45) is 10.9 Å². The molecule has 2 rings (SSSR count). The lowest BCUT2D eigenvalue weighted by Gasteiger charge is -2.29. The van der Waals surface area contributed by atoms with Crippen LogP contribution in [0.25, 0.3) is 0 Å². The quantitative estimate of drug-likeness (QED) is 0.400. The number of halogens is 1. The lowest BCUT2D eigenvalue weighted by molar-refractivity contribution is 0.220. The minimum Gasteiger partial charge on any atom is -0.497 e. The van der Waals surface area contributed by atoms with Gasteiger partial charge in [0.25, 0.3) is 0 Å². The molecule has 0 aliphatic carbocycles. The van der Waals surface area contributed by atoms with E-state index in [9.17, 15) is 0 Å². The molecule has 0 atom stereocenters. The number of hydrogen-bond acceptors (Lipinski definition) is 3. The highest BCUT2D eigenvalue weighted by atomic mass is 127. The number of likely N-dealkylation sites (tertiary alicyclic amines) is 1. The van der Waals surface area contributed by atoms with Crippen LogP contribution < -0.4 is 15.4 Å². The smallest absolute Gasteiger partial charge is 0.190 e. The highest BCUT2D eigenvalue weighted by molar-refractivity contribution is 14.0. The fraction of sp³-hybridized carbons (Fsp3) is 0.611. The Bertz CT molecular complexity index is 484.